The summed E-state index contributed by atoms with van der Waals surface area (Å²) in [7, 11) is 0. The maximum absolute atomic E-state index is 13.4. The quantitative estimate of drug-likeness (QED) is 0.496. The molecule has 0 bridgehead atoms. The highest BCUT2D eigenvalue weighted by atomic mass is 16.5. The minimum atomic E-state index is -0.685. The van der Waals surface area contributed by atoms with E-state index in [0.29, 0.717) is 30.5 Å². The lowest BCUT2D eigenvalue weighted by Crippen LogP contribution is -2.38. The van der Waals surface area contributed by atoms with Crippen molar-refractivity contribution in [2.45, 2.75) is 47.1 Å². The molecule has 7 nitrogen and oxygen atoms in total. The number of nitrogens with zero attached hydrogens (tertiary/aromatic N) is 1. The summed E-state index contributed by atoms with van der Waals surface area (Å²) in [5.74, 6) is -0.203. The van der Waals surface area contributed by atoms with Gasteiger partial charge in [0.2, 0.25) is 5.91 Å². The molecule has 0 radical (unpaired) electrons. The maximum atomic E-state index is 13.4. The van der Waals surface area contributed by atoms with E-state index in [-0.39, 0.29) is 23.8 Å². The van der Waals surface area contributed by atoms with E-state index in [0.717, 1.165) is 18.4 Å². The lowest BCUT2D eigenvalue weighted by Gasteiger charge is -2.28. The molecule has 0 fully saturated rings. The van der Waals surface area contributed by atoms with Gasteiger partial charge in [-0.15, -0.1) is 0 Å². The van der Waals surface area contributed by atoms with Gasteiger partial charge in [0, 0.05) is 29.9 Å². The molecule has 2 aromatic rings. The second-order valence-corrected chi connectivity index (χ2v) is 8.59. The third-order valence-electron chi connectivity index (χ3n) is 5.67. The maximum Gasteiger partial charge on any atom is 0.411 e. The number of nitrogens with two attached hydrogens (primary N) is 1. The van der Waals surface area contributed by atoms with Crippen molar-refractivity contribution in [3.63, 3.8) is 0 Å². The van der Waals surface area contributed by atoms with E-state index in [1.807, 2.05) is 35.2 Å². The summed E-state index contributed by atoms with van der Waals surface area (Å²) in [6.07, 6.45) is 1.21. The van der Waals surface area contributed by atoms with Crippen LogP contribution in [0.3, 0.4) is 0 Å². The van der Waals surface area contributed by atoms with Gasteiger partial charge in [0.25, 0.3) is 5.91 Å². The number of benzene rings is 2. The van der Waals surface area contributed by atoms with Crippen LogP contribution in [0.5, 0.6) is 0 Å². The Kier molecular flexibility index (Phi) is 9.91. The molecule has 0 aliphatic carbocycles. The third kappa shape index (κ3) is 8.25. The smallest absolute Gasteiger partial charge is 0.411 e. The van der Waals surface area contributed by atoms with E-state index in [1.165, 1.54) is 12.1 Å². The van der Waals surface area contributed by atoms with Crippen molar-refractivity contribution in [1.29, 1.82) is 0 Å². The van der Waals surface area contributed by atoms with E-state index < -0.39 is 12.0 Å². The molecule has 2 aromatic carbocycles. The zero-order valence-corrected chi connectivity index (χ0v) is 20.0. The van der Waals surface area contributed by atoms with Gasteiger partial charge in [-0.1, -0.05) is 70.9 Å². The molecule has 2 unspecified atom stereocenters. The number of amides is 3. The monoisotopic (exact) mass is 453 g/mol. The zero-order valence-electron chi connectivity index (χ0n) is 20.0. The molecule has 0 saturated heterocycles. The van der Waals surface area contributed by atoms with Gasteiger partial charge in [0.15, 0.2) is 0 Å². The first-order valence-electron chi connectivity index (χ1n) is 11.4. The van der Waals surface area contributed by atoms with Crippen molar-refractivity contribution in [1.82, 2.24) is 4.90 Å². The Balaban J connectivity index is 2.23. The predicted octanol–water partition coefficient (Wildman–Crippen LogP) is 5.07. The molecule has 0 aromatic heterocycles. The molecule has 7 heteroatoms. The van der Waals surface area contributed by atoms with Crippen molar-refractivity contribution in [2.24, 2.45) is 17.6 Å². The van der Waals surface area contributed by atoms with Crippen molar-refractivity contribution < 1.29 is 19.1 Å². The Hall–Kier alpha value is -3.35. The van der Waals surface area contributed by atoms with Crippen LogP contribution in [0, 0.1) is 11.8 Å². The van der Waals surface area contributed by atoms with Crippen LogP contribution in [-0.4, -0.2) is 35.9 Å². The molecule has 0 saturated carbocycles. The molecular weight excluding hydrogens is 418 g/mol. The minimum absolute atomic E-state index is 0.103. The summed E-state index contributed by atoms with van der Waals surface area (Å²) >= 11 is 0. The van der Waals surface area contributed by atoms with E-state index in [4.69, 9.17) is 10.5 Å². The largest absolute Gasteiger partial charge is 0.444 e. The standard InChI is InChI=1S/C26H35N3O4/c1-5-18(3)15-29(16-19(4)6-2)25(31)22-12-21(24(27)30)13-23(14-22)28-26(32)33-17-20-10-8-7-9-11-20/h7-14,18-19H,5-6,15-17H2,1-4H3,(H2,27,30)(H,28,32). The fourth-order valence-electron chi connectivity index (χ4n) is 3.28. The highest BCUT2D eigenvalue weighted by Crippen LogP contribution is 2.20. The number of hydrogen-bond donors (Lipinski definition) is 2. The Bertz CT molecular complexity index is 934. The van der Waals surface area contributed by atoms with E-state index in [2.05, 4.69) is 33.0 Å². The number of ether oxygens (including phenoxy) is 1. The van der Waals surface area contributed by atoms with Crippen LogP contribution in [-0.2, 0) is 11.3 Å². The summed E-state index contributed by atoms with van der Waals surface area (Å²) < 4.78 is 5.25. The molecular formula is C26H35N3O4. The second-order valence-electron chi connectivity index (χ2n) is 8.59. The first-order chi connectivity index (χ1) is 15.7. The molecule has 2 rings (SSSR count). The average molecular weight is 454 g/mol. The third-order valence-corrected chi connectivity index (χ3v) is 5.67. The van der Waals surface area contributed by atoms with Crippen LogP contribution in [0.15, 0.2) is 48.5 Å². The molecule has 0 aliphatic heterocycles. The summed E-state index contributed by atoms with van der Waals surface area (Å²) in [5, 5.41) is 2.61. The Morgan fingerprint density at radius 2 is 1.52 bits per heavy atom. The second kappa shape index (κ2) is 12.6. The van der Waals surface area contributed by atoms with Gasteiger partial charge in [0.05, 0.1) is 0 Å². The van der Waals surface area contributed by atoms with Gasteiger partial charge >= 0.3 is 6.09 Å². The van der Waals surface area contributed by atoms with Crippen LogP contribution >= 0.6 is 0 Å². The zero-order chi connectivity index (χ0) is 24.4. The number of primary amides is 1. The fourth-order valence-corrected chi connectivity index (χ4v) is 3.28. The Morgan fingerprint density at radius 3 is 2.06 bits per heavy atom. The number of nitrogens with one attached hydrogen (secondary N) is 1. The van der Waals surface area contributed by atoms with E-state index in [9.17, 15) is 14.4 Å². The van der Waals surface area contributed by atoms with Gasteiger partial charge in [-0.25, -0.2) is 4.79 Å². The molecule has 3 N–H and O–H groups in total. The van der Waals surface area contributed by atoms with Crippen molar-refractivity contribution >= 4 is 23.6 Å². The molecule has 2 atom stereocenters. The predicted molar refractivity (Wildman–Crippen MR) is 130 cm³/mol. The summed E-state index contributed by atoms with van der Waals surface area (Å²) in [6, 6.07) is 13.8. The summed E-state index contributed by atoms with van der Waals surface area (Å²) in [5.41, 5.74) is 7.06. The van der Waals surface area contributed by atoms with Crippen LogP contribution in [0.2, 0.25) is 0 Å². The molecule has 0 spiro atoms. The van der Waals surface area contributed by atoms with Crippen LogP contribution in [0.25, 0.3) is 0 Å². The number of carbonyl (C=O) groups excluding carboxylic acids is 3. The first kappa shape index (κ1) is 25.9. The fraction of sp³-hybridized carbons (Fsp3) is 0.423. The SMILES string of the molecule is CCC(C)CN(CC(C)CC)C(=O)c1cc(NC(=O)OCc2ccccc2)cc(C(N)=O)c1. The molecule has 178 valence electrons. The number of carbonyl (C=O) groups is 3. The lowest BCUT2D eigenvalue weighted by atomic mass is 10.0. The normalized spacial score (nSPS) is 12.5. The van der Waals surface area contributed by atoms with Crippen molar-refractivity contribution in [3.05, 3.63) is 65.2 Å². The highest BCUT2D eigenvalue weighted by molar-refractivity contribution is 6.01. The molecule has 33 heavy (non-hydrogen) atoms. The minimum Gasteiger partial charge on any atom is -0.444 e. The van der Waals surface area contributed by atoms with Crippen molar-refractivity contribution in [3.8, 4) is 0 Å². The van der Waals surface area contributed by atoms with Crippen LogP contribution < -0.4 is 11.1 Å². The van der Waals surface area contributed by atoms with Gasteiger partial charge in [0.1, 0.15) is 6.61 Å². The van der Waals surface area contributed by atoms with Gasteiger partial charge in [-0.3, -0.25) is 14.9 Å². The average Bonchev–Trinajstić information content (AvgIpc) is 2.81. The van der Waals surface area contributed by atoms with Gasteiger partial charge in [-0.2, -0.15) is 0 Å². The van der Waals surface area contributed by atoms with Crippen LogP contribution in [0.1, 0.15) is 66.8 Å². The first-order valence-corrected chi connectivity index (χ1v) is 11.4. The lowest BCUT2D eigenvalue weighted by molar-refractivity contribution is 0.0703. The van der Waals surface area contributed by atoms with Crippen molar-refractivity contribution in [2.75, 3.05) is 18.4 Å². The molecule has 0 aliphatic rings. The summed E-state index contributed by atoms with van der Waals surface area (Å²) in [6.45, 7) is 9.72. The topological polar surface area (TPSA) is 102 Å². The highest BCUT2D eigenvalue weighted by Gasteiger charge is 2.22. The Labute approximate surface area is 196 Å². The van der Waals surface area contributed by atoms with Gasteiger partial charge in [-0.05, 0) is 35.6 Å². The molecule has 0 heterocycles. The summed E-state index contributed by atoms with van der Waals surface area (Å²) in [4.78, 5) is 39.4. The number of hydrogen-bond acceptors (Lipinski definition) is 4. The number of anilines is 1. The number of rotatable bonds is 11. The van der Waals surface area contributed by atoms with E-state index >= 15 is 0 Å². The van der Waals surface area contributed by atoms with Gasteiger partial charge < -0.3 is 15.4 Å². The van der Waals surface area contributed by atoms with Crippen LogP contribution in [0.4, 0.5) is 10.5 Å². The Morgan fingerprint density at radius 1 is 0.939 bits per heavy atom. The van der Waals surface area contributed by atoms with E-state index in [1.54, 1.807) is 6.07 Å². The molecule has 3 amide bonds.